The third kappa shape index (κ3) is 2.78. The number of aryl methyl sites for hydroxylation is 1. The number of nitrogens with one attached hydrogen (secondary N) is 1. The molecule has 1 fully saturated rings. The van der Waals surface area contributed by atoms with Gasteiger partial charge in [0.1, 0.15) is 11.1 Å². The number of morpholine rings is 1. The van der Waals surface area contributed by atoms with E-state index in [0.29, 0.717) is 5.41 Å². The van der Waals surface area contributed by atoms with Crippen molar-refractivity contribution in [1.29, 1.82) is 0 Å². The van der Waals surface area contributed by atoms with E-state index in [1.165, 1.54) is 34.8 Å². The zero-order valence-electron chi connectivity index (χ0n) is 12.9. The molecular formula is C16H26N2OS. The molecule has 3 rings (SSSR count). The van der Waals surface area contributed by atoms with Gasteiger partial charge in [0.05, 0.1) is 12.3 Å². The van der Waals surface area contributed by atoms with Crippen LogP contribution >= 0.6 is 11.3 Å². The highest BCUT2D eigenvalue weighted by molar-refractivity contribution is 7.11. The minimum atomic E-state index is 0.178. The zero-order valence-corrected chi connectivity index (χ0v) is 13.7. The van der Waals surface area contributed by atoms with E-state index in [-0.39, 0.29) is 6.10 Å². The Labute approximate surface area is 126 Å². The lowest BCUT2D eigenvalue weighted by Crippen LogP contribution is -2.33. The van der Waals surface area contributed by atoms with E-state index in [9.17, 15) is 0 Å². The van der Waals surface area contributed by atoms with Gasteiger partial charge in [-0.25, -0.2) is 4.98 Å². The van der Waals surface area contributed by atoms with Gasteiger partial charge in [-0.3, -0.25) is 0 Å². The molecule has 1 aromatic rings. The first kappa shape index (κ1) is 14.5. The van der Waals surface area contributed by atoms with Crippen LogP contribution in [0, 0.1) is 11.3 Å². The molecule has 0 aromatic carbocycles. The molecule has 20 heavy (non-hydrogen) atoms. The highest BCUT2D eigenvalue weighted by Gasteiger charge is 2.33. The molecule has 2 unspecified atom stereocenters. The topological polar surface area (TPSA) is 34.2 Å². The van der Waals surface area contributed by atoms with Crippen LogP contribution in [0.4, 0.5) is 0 Å². The van der Waals surface area contributed by atoms with Gasteiger partial charge in [-0.05, 0) is 30.6 Å². The molecule has 0 bridgehead atoms. The van der Waals surface area contributed by atoms with Crippen LogP contribution in [-0.4, -0.2) is 24.7 Å². The molecule has 1 aliphatic heterocycles. The molecule has 0 amide bonds. The van der Waals surface area contributed by atoms with E-state index in [0.717, 1.165) is 32.0 Å². The van der Waals surface area contributed by atoms with Crippen molar-refractivity contribution in [2.24, 2.45) is 11.3 Å². The van der Waals surface area contributed by atoms with Crippen molar-refractivity contribution in [3.05, 3.63) is 15.6 Å². The second kappa shape index (κ2) is 5.74. The number of aromatic nitrogens is 1. The Kier molecular flexibility index (Phi) is 4.16. The largest absolute Gasteiger partial charge is 0.368 e. The summed E-state index contributed by atoms with van der Waals surface area (Å²) in [5, 5.41) is 4.59. The molecule has 2 aliphatic rings. The third-order valence-electron chi connectivity index (χ3n) is 5.18. The van der Waals surface area contributed by atoms with E-state index >= 15 is 0 Å². The summed E-state index contributed by atoms with van der Waals surface area (Å²) >= 11 is 1.90. The Balaban J connectivity index is 1.75. The maximum atomic E-state index is 5.84. The molecule has 0 radical (unpaired) electrons. The molecule has 0 saturated carbocycles. The Hall–Kier alpha value is -0.450. The quantitative estimate of drug-likeness (QED) is 0.928. The smallest absolute Gasteiger partial charge is 0.123 e. The number of fused-ring (bicyclic) bond motifs is 1. The maximum absolute atomic E-state index is 5.84. The van der Waals surface area contributed by atoms with Gasteiger partial charge in [0.25, 0.3) is 0 Å². The molecule has 1 aliphatic carbocycles. The number of rotatable bonds is 3. The number of hydrogen-bond donors (Lipinski definition) is 1. The number of hydrogen-bond acceptors (Lipinski definition) is 4. The Morgan fingerprint density at radius 2 is 2.30 bits per heavy atom. The average Bonchev–Trinajstić information content (AvgIpc) is 2.91. The third-order valence-corrected chi connectivity index (χ3v) is 6.39. The van der Waals surface area contributed by atoms with Gasteiger partial charge in [0.15, 0.2) is 0 Å². The molecule has 2 heterocycles. The van der Waals surface area contributed by atoms with Crippen molar-refractivity contribution in [3.8, 4) is 0 Å². The first-order valence-electron chi connectivity index (χ1n) is 7.91. The van der Waals surface area contributed by atoms with Crippen LogP contribution in [-0.2, 0) is 17.6 Å². The van der Waals surface area contributed by atoms with Gasteiger partial charge in [-0.1, -0.05) is 27.2 Å². The summed E-state index contributed by atoms with van der Waals surface area (Å²) in [5.74, 6) is 0.804. The van der Waals surface area contributed by atoms with Gasteiger partial charge in [0, 0.05) is 18.0 Å². The Morgan fingerprint density at radius 1 is 1.45 bits per heavy atom. The molecule has 112 valence electrons. The van der Waals surface area contributed by atoms with Crippen LogP contribution in [0.25, 0.3) is 0 Å². The van der Waals surface area contributed by atoms with Crippen molar-refractivity contribution in [1.82, 2.24) is 10.3 Å². The molecule has 0 spiro atoms. The highest BCUT2D eigenvalue weighted by Crippen LogP contribution is 2.42. The standard InChI is InChI=1S/C16H26N2OS/c1-4-16(2,3)11-5-6-12-14(9-11)20-15(18-12)13-10-17-7-8-19-13/h11,13,17H,4-10H2,1-3H3. The summed E-state index contributed by atoms with van der Waals surface area (Å²) in [4.78, 5) is 6.39. The predicted molar refractivity (Wildman–Crippen MR) is 83.3 cm³/mol. The molecular weight excluding hydrogens is 268 g/mol. The second-order valence-electron chi connectivity index (χ2n) is 6.77. The molecule has 3 nitrogen and oxygen atoms in total. The lowest BCUT2D eigenvalue weighted by atomic mass is 9.70. The van der Waals surface area contributed by atoms with Gasteiger partial charge < -0.3 is 10.1 Å². The van der Waals surface area contributed by atoms with Gasteiger partial charge >= 0.3 is 0 Å². The monoisotopic (exact) mass is 294 g/mol. The molecule has 1 aromatic heterocycles. The van der Waals surface area contributed by atoms with Gasteiger partial charge in [-0.2, -0.15) is 0 Å². The van der Waals surface area contributed by atoms with E-state index in [2.05, 4.69) is 26.1 Å². The van der Waals surface area contributed by atoms with Gasteiger partial charge in [-0.15, -0.1) is 11.3 Å². The van der Waals surface area contributed by atoms with E-state index in [4.69, 9.17) is 9.72 Å². The molecule has 4 heteroatoms. The SMILES string of the molecule is CCC(C)(C)C1CCc2nc(C3CNCCO3)sc2C1. The van der Waals surface area contributed by atoms with Crippen LogP contribution in [0.15, 0.2) is 0 Å². The van der Waals surface area contributed by atoms with Crippen LogP contribution in [0.5, 0.6) is 0 Å². The first-order valence-corrected chi connectivity index (χ1v) is 8.72. The average molecular weight is 294 g/mol. The second-order valence-corrected chi connectivity index (χ2v) is 7.88. The van der Waals surface area contributed by atoms with Crippen LogP contribution in [0.3, 0.4) is 0 Å². The minimum absolute atomic E-state index is 0.178. The fraction of sp³-hybridized carbons (Fsp3) is 0.812. The van der Waals surface area contributed by atoms with E-state index < -0.39 is 0 Å². The highest BCUT2D eigenvalue weighted by atomic mass is 32.1. The molecule has 2 atom stereocenters. The minimum Gasteiger partial charge on any atom is -0.368 e. The summed E-state index contributed by atoms with van der Waals surface area (Å²) in [5.41, 5.74) is 1.80. The number of nitrogens with zero attached hydrogens (tertiary/aromatic N) is 1. The fourth-order valence-corrected chi connectivity index (χ4v) is 4.45. The van der Waals surface area contributed by atoms with Crippen molar-refractivity contribution in [2.75, 3.05) is 19.7 Å². The van der Waals surface area contributed by atoms with Crippen molar-refractivity contribution in [2.45, 2.75) is 52.6 Å². The summed E-state index contributed by atoms with van der Waals surface area (Å²) < 4.78 is 5.84. The summed E-state index contributed by atoms with van der Waals surface area (Å²) in [6.45, 7) is 9.83. The van der Waals surface area contributed by atoms with Crippen molar-refractivity contribution >= 4 is 11.3 Å². The molecule has 1 N–H and O–H groups in total. The van der Waals surface area contributed by atoms with Crippen LogP contribution in [0.2, 0.25) is 0 Å². The number of ether oxygens (including phenoxy) is 1. The maximum Gasteiger partial charge on any atom is 0.123 e. The van der Waals surface area contributed by atoms with E-state index in [1.807, 2.05) is 11.3 Å². The summed E-state index contributed by atoms with van der Waals surface area (Å²) in [6, 6.07) is 0. The fourth-order valence-electron chi connectivity index (χ4n) is 3.21. The van der Waals surface area contributed by atoms with Crippen LogP contribution < -0.4 is 5.32 Å². The first-order chi connectivity index (χ1) is 9.60. The van der Waals surface area contributed by atoms with Crippen molar-refractivity contribution in [3.63, 3.8) is 0 Å². The zero-order chi connectivity index (χ0) is 14.2. The molecule has 1 saturated heterocycles. The summed E-state index contributed by atoms with van der Waals surface area (Å²) in [7, 11) is 0. The predicted octanol–water partition coefficient (Wildman–Crippen LogP) is 3.35. The lowest BCUT2D eigenvalue weighted by Gasteiger charge is -2.35. The lowest BCUT2D eigenvalue weighted by molar-refractivity contribution is 0.0274. The normalized spacial score (nSPS) is 27.4. The summed E-state index contributed by atoms with van der Waals surface area (Å²) in [6.07, 6.45) is 5.10. The van der Waals surface area contributed by atoms with E-state index in [1.54, 1.807) is 0 Å². The Bertz CT molecular complexity index is 463. The van der Waals surface area contributed by atoms with Crippen molar-refractivity contribution < 1.29 is 4.74 Å². The van der Waals surface area contributed by atoms with Crippen LogP contribution in [0.1, 0.15) is 55.3 Å². The van der Waals surface area contributed by atoms with Gasteiger partial charge in [0.2, 0.25) is 0 Å². The Morgan fingerprint density at radius 3 is 3.00 bits per heavy atom. The number of thiazole rings is 1.